The van der Waals surface area contributed by atoms with Crippen LogP contribution >= 0.6 is 0 Å². The van der Waals surface area contributed by atoms with Crippen molar-refractivity contribution in [2.75, 3.05) is 0 Å². The summed E-state index contributed by atoms with van der Waals surface area (Å²) in [5.74, 6) is -0.681. The molecule has 1 aliphatic heterocycles. The fourth-order valence-corrected chi connectivity index (χ4v) is 3.37. The Morgan fingerprint density at radius 3 is 2.67 bits per heavy atom. The highest BCUT2D eigenvalue weighted by molar-refractivity contribution is 6.03. The number of hydrogen-bond acceptors (Lipinski definition) is 4. The quantitative estimate of drug-likeness (QED) is 0.868. The third kappa shape index (κ3) is 2.28. The predicted molar refractivity (Wildman–Crippen MR) is 81.8 cm³/mol. The van der Waals surface area contributed by atoms with Crippen LogP contribution < -0.4 is 0 Å². The molecular formula is C17H16FN3O3. The van der Waals surface area contributed by atoms with Gasteiger partial charge in [-0.3, -0.25) is 4.79 Å². The summed E-state index contributed by atoms with van der Waals surface area (Å²) in [7, 11) is 0. The van der Waals surface area contributed by atoms with Crippen LogP contribution in [0.4, 0.5) is 9.18 Å². The van der Waals surface area contributed by atoms with Crippen molar-refractivity contribution >= 4 is 12.0 Å². The first kappa shape index (κ1) is 14.9. The average molecular weight is 329 g/mol. The molecule has 2 aromatic rings. The van der Waals surface area contributed by atoms with Gasteiger partial charge in [0.15, 0.2) is 5.60 Å². The lowest BCUT2D eigenvalue weighted by molar-refractivity contribution is -0.136. The number of benzene rings is 1. The second kappa shape index (κ2) is 5.43. The molecule has 7 heteroatoms. The lowest BCUT2D eigenvalue weighted by Crippen LogP contribution is -2.38. The summed E-state index contributed by atoms with van der Waals surface area (Å²) >= 11 is 0. The molecular weight excluding hydrogens is 313 g/mol. The molecule has 1 saturated carbocycles. The first-order chi connectivity index (χ1) is 11.6. The van der Waals surface area contributed by atoms with Gasteiger partial charge in [0.05, 0.1) is 12.2 Å². The van der Waals surface area contributed by atoms with E-state index in [4.69, 9.17) is 4.74 Å². The normalized spacial score (nSPS) is 19.3. The number of nitrogens with zero attached hydrogens (tertiary/aromatic N) is 3. The Kier molecular flexibility index (Phi) is 3.37. The molecule has 1 aliphatic carbocycles. The van der Waals surface area contributed by atoms with Gasteiger partial charge in [-0.15, -0.1) is 0 Å². The van der Waals surface area contributed by atoms with E-state index in [-0.39, 0.29) is 12.5 Å². The Balaban J connectivity index is 1.55. The summed E-state index contributed by atoms with van der Waals surface area (Å²) < 4.78 is 20.6. The maximum Gasteiger partial charge on any atom is 0.418 e. The molecule has 0 bridgehead atoms. The number of para-hydroxylation sites is 1. The smallest absolute Gasteiger partial charge is 0.418 e. The van der Waals surface area contributed by atoms with E-state index in [0.29, 0.717) is 24.2 Å². The second-order valence-corrected chi connectivity index (χ2v) is 6.16. The number of rotatable bonds is 3. The standard InChI is InChI=1S/C17H16FN3O3/c18-13-5-1-2-6-14(13)21-10-7-12(19-21)11-20-15(22)17(24-16(20)23)8-3-4-9-17/h1-2,5-7,10H,3-4,8-9,11H2. The molecule has 6 nitrogen and oxygen atoms in total. The number of carbonyl (C=O) groups is 2. The molecule has 1 saturated heterocycles. The fourth-order valence-electron chi connectivity index (χ4n) is 3.37. The summed E-state index contributed by atoms with van der Waals surface area (Å²) in [4.78, 5) is 25.7. The SMILES string of the molecule is O=C1OC2(CCCC2)C(=O)N1Cc1ccn(-c2ccccc2F)n1. The fraction of sp³-hybridized carbons (Fsp3) is 0.353. The molecule has 1 spiro atoms. The van der Waals surface area contributed by atoms with Crippen molar-refractivity contribution in [2.24, 2.45) is 0 Å². The zero-order valence-corrected chi connectivity index (χ0v) is 12.9. The first-order valence-corrected chi connectivity index (χ1v) is 7.93. The van der Waals surface area contributed by atoms with E-state index in [9.17, 15) is 14.0 Å². The average Bonchev–Trinajstić information content (AvgIpc) is 3.26. The molecule has 2 fully saturated rings. The van der Waals surface area contributed by atoms with Gasteiger partial charge in [-0.25, -0.2) is 18.8 Å². The predicted octanol–water partition coefficient (Wildman–Crippen LogP) is 2.80. The second-order valence-electron chi connectivity index (χ2n) is 6.16. The summed E-state index contributed by atoms with van der Waals surface area (Å²) in [6, 6.07) is 7.93. The Hall–Kier alpha value is -2.70. The first-order valence-electron chi connectivity index (χ1n) is 7.93. The molecule has 1 aromatic heterocycles. The number of aromatic nitrogens is 2. The highest BCUT2D eigenvalue weighted by Gasteiger charge is 2.55. The van der Waals surface area contributed by atoms with Gasteiger partial charge in [0, 0.05) is 6.20 Å². The van der Waals surface area contributed by atoms with E-state index in [1.54, 1.807) is 30.5 Å². The van der Waals surface area contributed by atoms with Crippen LogP contribution in [-0.2, 0) is 16.1 Å². The number of hydrogen-bond donors (Lipinski definition) is 0. The topological polar surface area (TPSA) is 64.4 Å². The van der Waals surface area contributed by atoms with Crippen LogP contribution in [0.15, 0.2) is 36.5 Å². The van der Waals surface area contributed by atoms with Crippen LogP contribution in [0.2, 0.25) is 0 Å². The van der Waals surface area contributed by atoms with Crippen LogP contribution in [0.25, 0.3) is 5.69 Å². The minimum absolute atomic E-state index is 0.0286. The molecule has 2 heterocycles. The number of ether oxygens (including phenoxy) is 1. The molecule has 4 rings (SSSR count). The third-order valence-electron chi connectivity index (χ3n) is 4.61. The highest BCUT2D eigenvalue weighted by atomic mass is 19.1. The van der Waals surface area contributed by atoms with Crippen molar-refractivity contribution in [1.29, 1.82) is 0 Å². The largest absolute Gasteiger partial charge is 0.432 e. The number of halogens is 1. The summed E-state index contributed by atoms with van der Waals surface area (Å²) in [5, 5.41) is 4.26. The van der Waals surface area contributed by atoms with Gasteiger partial charge in [-0.1, -0.05) is 12.1 Å². The van der Waals surface area contributed by atoms with Gasteiger partial charge in [-0.05, 0) is 43.9 Å². The van der Waals surface area contributed by atoms with Gasteiger partial charge in [0.1, 0.15) is 11.5 Å². The van der Waals surface area contributed by atoms with E-state index in [0.717, 1.165) is 17.7 Å². The molecule has 2 aliphatic rings. The molecule has 24 heavy (non-hydrogen) atoms. The molecule has 1 aromatic carbocycles. The van der Waals surface area contributed by atoms with Crippen molar-refractivity contribution in [3.05, 3.63) is 48.0 Å². The van der Waals surface area contributed by atoms with Gasteiger partial charge < -0.3 is 4.74 Å². The van der Waals surface area contributed by atoms with E-state index < -0.39 is 17.5 Å². The van der Waals surface area contributed by atoms with Gasteiger partial charge in [-0.2, -0.15) is 5.10 Å². The summed E-state index contributed by atoms with van der Waals surface area (Å²) in [5.41, 5.74) is -0.157. The highest BCUT2D eigenvalue weighted by Crippen LogP contribution is 2.39. The molecule has 0 radical (unpaired) electrons. The van der Waals surface area contributed by atoms with Crippen molar-refractivity contribution < 1.29 is 18.7 Å². The van der Waals surface area contributed by atoms with Gasteiger partial charge in [0.2, 0.25) is 0 Å². The van der Waals surface area contributed by atoms with E-state index in [2.05, 4.69) is 5.10 Å². The molecule has 124 valence electrons. The lowest BCUT2D eigenvalue weighted by atomic mass is 10.0. The molecule has 0 atom stereocenters. The van der Waals surface area contributed by atoms with Crippen LogP contribution in [0, 0.1) is 5.82 Å². The van der Waals surface area contributed by atoms with Crippen molar-refractivity contribution in [3.8, 4) is 5.69 Å². The van der Waals surface area contributed by atoms with Gasteiger partial charge in [0.25, 0.3) is 5.91 Å². The number of carbonyl (C=O) groups excluding carboxylic acids is 2. The zero-order chi connectivity index (χ0) is 16.7. The Labute approximate surface area is 137 Å². The maximum atomic E-state index is 13.8. The number of imide groups is 1. The van der Waals surface area contributed by atoms with Crippen molar-refractivity contribution in [3.63, 3.8) is 0 Å². The third-order valence-corrected chi connectivity index (χ3v) is 4.61. The monoisotopic (exact) mass is 329 g/mol. The number of amides is 2. The summed E-state index contributed by atoms with van der Waals surface area (Å²) in [6.07, 6.45) is 3.91. The van der Waals surface area contributed by atoms with E-state index >= 15 is 0 Å². The Morgan fingerprint density at radius 1 is 1.17 bits per heavy atom. The Morgan fingerprint density at radius 2 is 1.92 bits per heavy atom. The molecule has 0 N–H and O–H groups in total. The zero-order valence-electron chi connectivity index (χ0n) is 12.9. The van der Waals surface area contributed by atoms with Crippen molar-refractivity contribution in [1.82, 2.24) is 14.7 Å². The summed E-state index contributed by atoms with van der Waals surface area (Å²) in [6.45, 7) is 0.0286. The minimum atomic E-state index is -0.967. The Bertz CT molecular complexity index is 811. The minimum Gasteiger partial charge on any atom is -0.432 e. The molecule has 0 unspecified atom stereocenters. The lowest BCUT2D eigenvalue weighted by Gasteiger charge is -2.17. The van der Waals surface area contributed by atoms with Crippen molar-refractivity contribution in [2.45, 2.75) is 37.8 Å². The molecule has 2 amide bonds. The van der Waals surface area contributed by atoms with Crippen LogP contribution in [0.3, 0.4) is 0 Å². The van der Waals surface area contributed by atoms with Crippen LogP contribution in [0.1, 0.15) is 31.4 Å². The van der Waals surface area contributed by atoms with E-state index in [1.807, 2.05) is 0 Å². The van der Waals surface area contributed by atoms with Crippen LogP contribution in [0.5, 0.6) is 0 Å². The maximum absolute atomic E-state index is 13.8. The van der Waals surface area contributed by atoms with Gasteiger partial charge >= 0.3 is 6.09 Å². The van der Waals surface area contributed by atoms with Crippen LogP contribution in [-0.4, -0.2) is 32.3 Å². The van der Waals surface area contributed by atoms with E-state index in [1.165, 1.54) is 10.7 Å².